The van der Waals surface area contributed by atoms with E-state index in [0.29, 0.717) is 11.6 Å². The first-order valence-electron chi connectivity index (χ1n) is 7.53. The van der Waals surface area contributed by atoms with Crippen molar-refractivity contribution >= 4 is 5.91 Å². The Morgan fingerprint density at radius 2 is 2.12 bits per heavy atom. The maximum absolute atomic E-state index is 12.4. The van der Waals surface area contributed by atoms with Gasteiger partial charge in [0, 0.05) is 18.7 Å². The van der Waals surface area contributed by atoms with Crippen molar-refractivity contribution in [2.75, 3.05) is 21.3 Å². The summed E-state index contributed by atoms with van der Waals surface area (Å²) in [6, 6.07) is 15.7. The fourth-order valence-electron chi connectivity index (χ4n) is 2.30. The van der Waals surface area contributed by atoms with Crippen LogP contribution in [0.15, 0.2) is 48.7 Å². The van der Waals surface area contributed by atoms with Gasteiger partial charge in [-0.3, -0.25) is 9.63 Å². The molecule has 1 amide bonds. The van der Waals surface area contributed by atoms with Crippen LogP contribution < -0.4 is 4.74 Å². The predicted molar refractivity (Wildman–Crippen MR) is 91.3 cm³/mol. The molecule has 127 valence electrons. The van der Waals surface area contributed by atoms with E-state index in [4.69, 9.17) is 9.57 Å². The molecule has 0 N–H and O–H groups in total. The molecular weight excluding hydrogens is 320 g/mol. The average Bonchev–Trinajstić information content (AvgIpc) is 3.13. The minimum absolute atomic E-state index is 0.263. The normalized spacial score (nSPS) is 10.5. The number of ether oxygens (including phenoxy) is 1. The van der Waals surface area contributed by atoms with Crippen LogP contribution in [0.5, 0.6) is 5.88 Å². The van der Waals surface area contributed by atoms with Crippen LogP contribution in [0, 0.1) is 6.07 Å². The highest BCUT2D eigenvalue weighted by atomic mass is 16.7. The summed E-state index contributed by atoms with van der Waals surface area (Å²) in [5, 5.41) is 5.56. The molecule has 0 saturated heterocycles. The maximum atomic E-state index is 12.4. The molecule has 0 atom stereocenters. The van der Waals surface area contributed by atoms with Crippen molar-refractivity contribution in [2.24, 2.45) is 0 Å². The van der Waals surface area contributed by atoms with Crippen molar-refractivity contribution < 1.29 is 14.4 Å². The Bertz CT molecular complexity index is 860. The van der Waals surface area contributed by atoms with E-state index in [1.54, 1.807) is 30.1 Å². The Balaban J connectivity index is 2.11. The third-order valence-electron chi connectivity index (χ3n) is 3.67. The summed E-state index contributed by atoms with van der Waals surface area (Å²) in [6.45, 7) is 0. The van der Waals surface area contributed by atoms with E-state index in [2.05, 4.69) is 16.1 Å². The standard InChI is InChI=1S/C18H17N4O3/c1-21(25-3)18(23)15-11-16(13-7-5-4-6-8-13)22(20-15)14-9-10-17(24-2)19-12-14/h4-5,7-12H,1-3H3. The largest absolute Gasteiger partial charge is 0.481 e. The molecular formula is C18H17N4O3. The van der Waals surface area contributed by atoms with Crippen molar-refractivity contribution in [3.63, 3.8) is 0 Å². The molecule has 7 nitrogen and oxygen atoms in total. The Morgan fingerprint density at radius 3 is 2.72 bits per heavy atom. The van der Waals surface area contributed by atoms with Crippen LogP contribution in [0.3, 0.4) is 0 Å². The minimum atomic E-state index is -0.344. The van der Waals surface area contributed by atoms with Crippen LogP contribution in [-0.2, 0) is 4.84 Å². The molecule has 0 bridgehead atoms. The molecule has 0 aliphatic carbocycles. The Morgan fingerprint density at radius 1 is 1.28 bits per heavy atom. The van der Waals surface area contributed by atoms with E-state index < -0.39 is 0 Å². The number of pyridine rings is 1. The number of aromatic nitrogens is 3. The van der Waals surface area contributed by atoms with Gasteiger partial charge in [0.2, 0.25) is 5.88 Å². The topological polar surface area (TPSA) is 69.5 Å². The van der Waals surface area contributed by atoms with Crippen molar-refractivity contribution in [1.82, 2.24) is 19.8 Å². The Labute approximate surface area is 145 Å². The summed E-state index contributed by atoms with van der Waals surface area (Å²) in [5.41, 5.74) is 2.60. The summed E-state index contributed by atoms with van der Waals surface area (Å²) in [6.07, 6.45) is 1.64. The summed E-state index contributed by atoms with van der Waals surface area (Å²) >= 11 is 0. The molecule has 0 unspecified atom stereocenters. The summed E-state index contributed by atoms with van der Waals surface area (Å²) in [7, 11) is 4.51. The van der Waals surface area contributed by atoms with E-state index in [1.165, 1.54) is 14.2 Å². The van der Waals surface area contributed by atoms with Gasteiger partial charge >= 0.3 is 0 Å². The molecule has 7 heteroatoms. The van der Waals surface area contributed by atoms with Gasteiger partial charge in [0.25, 0.3) is 5.91 Å². The molecule has 0 fully saturated rings. The zero-order valence-corrected chi connectivity index (χ0v) is 14.1. The molecule has 2 aromatic heterocycles. The Hall–Kier alpha value is -3.19. The highest BCUT2D eigenvalue weighted by Gasteiger charge is 2.19. The SMILES string of the molecule is COc1ccc(-n2nc(C(=O)N(C)OC)cc2-c2c[c]ccc2)cn1. The van der Waals surface area contributed by atoms with E-state index in [1.807, 2.05) is 30.3 Å². The number of benzene rings is 1. The van der Waals surface area contributed by atoms with Gasteiger partial charge in [-0.1, -0.05) is 18.2 Å². The lowest BCUT2D eigenvalue weighted by atomic mass is 10.1. The molecule has 1 radical (unpaired) electrons. The summed E-state index contributed by atoms with van der Waals surface area (Å²) in [5.74, 6) is 0.157. The molecule has 25 heavy (non-hydrogen) atoms. The number of nitrogens with zero attached hydrogens (tertiary/aromatic N) is 4. The van der Waals surface area contributed by atoms with Gasteiger partial charge < -0.3 is 4.74 Å². The second-order valence-corrected chi connectivity index (χ2v) is 5.16. The van der Waals surface area contributed by atoms with E-state index >= 15 is 0 Å². The molecule has 0 aliphatic rings. The number of rotatable bonds is 5. The monoisotopic (exact) mass is 337 g/mol. The lowest BCUT2D eigenvalue weighted by molar-refractivity contribution is -0.0760. The van der Waals surface area contributed by atoms with Crippen LogP contribution in [-0.4, -0.2) is 47.0 Å². The zero-order chi connectivity index (χ0) is 17.8. The van der Waals surface area contributed by atoms with Crippen molar-refractivity contribution in [3.05, 3.63) is 60.4 Å². The van der Waals surface area contributed by atoms with E-state index in [0.717, 1.165) is 16.3 Å². The quantitative estimate of drug-likeness (QED) is 0.669. The number of amides is 1. The summed E-state index contributed by atoms with van der Waals surface area (Å²) < 4.78 is 6.75. The first-order valence-corrected chi connectivity index (χ1v) is 7.53. The highest BCUT2D eigenvalue weighted by molar-refractivity contribution is 5.92. The lowest BCUT2D eigenvalue weighted by Crippen LogP contribution is -2.25. The van der Waals surface area contributed by atoms with Gasteiger partial charge in [-0.05, 0) is 24.3 Å². The number of hydrogen-bond donors (Lipinski definition) is 0. The van der Waals surface area contributed by atoms with Gasteiger partial charge in [0.1, 0.15) is 0 Å². The number of hydrogen-bond acceptors (Lipinski definition) is 5. The third kappa shape index (κ3) is 3.36. The van der Waals surface area contributed by atoms with Crippen molar-refractivity contribution in [3.8, 4) is 22.8 Å². The molecule has 3 rings (SSSR count). The van der Waals surface area contributed by atoms with Crippen molar-refractivity contribution in [1.29, 1.82) is 0 Å². The molecule has 0 aliphatic heterocycles. The smallest absolute Gasteiger partial charge is 0.297 e. The number of methoxy groups -OCH3 is 1. The van der Waals surface area contributed by atoms with Gasteiger partial charge in [0.05, 0.1) is 31.8 Å². The number of carbonyl (C=O) groups is 1. The Kier molecular flexibility index (Phi) is 4.76. The number of carbonyl (C=O) groups excluding carboxylic acids is 1. The number of hydroxylamine groups is 2. The van der Waals surface area contributed by atoms with Gasteiger partial charge in [0.15, 0.2) is 5.69 Å². The fraction of sp³-hybridized carbons (Fsp3) is 0.167. The van der Waals surface area contributed by atoms with Crippen LogP contribution in [0.2, 0.25) is 0 Å². The van der Waals surface area contributed by atoms with Crippen LogP contribution in [0.4, 0.5) is 0 Å². The molecule has 3 aromatic rings. The van der Waals surface area contributed by atoms with Crippen LogP contribution in [0.25, 0.3) is 16.9 Å². The molecule has 0 saturated carbocycles. The van der Waals surface area contributed by atoms with Gasteiger partial charge in [-0.2, -0.15) is 5.10 Å². The van der Waals surface area contributed by atoms with Gasteiger partial charge in [-0.25, -0.2) is 14.7 Å². The second-order valence-electron chi connectivity index (χ2n) is 5.16. The molecule has 0 spiro atoms. The van der Waals surface area contributed by atoms with Crippen LogP contribution in [0.1, 0.15) is 10.5 Å². The molecule has 2 heterocycles. The first-order chi connectivity index (χ1) is 12.1. The minimum Gasteiger partial charge on any atom is -0.481 e. The van der Waals surface area contributed by atoms with Crippen LogP contribution >= 0.6 is 0 Å². The van der Waals surface area contributed by atoms with E-state index in [-0.39, 0.29) is 11.6 Å². The highest BCUT2D eigenvalue weighted by Crippen LogP contribution is 2.24. The molecule has 1 aromatic carbocycles. The second kappa shape index (κ2) is 7.14. The maximum Gasteiger partial charge on any atom is 0.297 e. The third-order valence-corrected chi connectivity index (χ3v) is 3.67. The average molecular weight is 337 g/mol. The summed E-state index contributed by atoms with van der Waals surface area (Å²) in [4.78, 5) is 21.5. The first kappa shape index (κ1) is 16.7. The van der Waals surface area contributed by atoms with Gasteiger partial charge in [-0.15, -0.1) is 0 Å². The predicted octanol–water partition coefficient (Wildman–Crippen LogP) is 2.38. The zero-order valence-electron chi connectivity index (χ0n) is 14.1. The van der Waals surface area contributed by atoms with E-state index in [9.17, 15) is 4.79 Å². The fourth-order valence-corrected chi connectivity index (χ4v) is 2.30. The van der Waals surface area contributed by atoms with Crippen molar-refractivity contribution in [2.45, 2.75) is 0 Å². The lowest BCUT2D eigenvalue weighted by Gasteiger charge is -2.11.